The van der Waals surface area contributed by atoms with E-state index in [0.29, 0.717) is 11.5 Å². The largest absolute Gasteiger partial charge is 0.486 e. The van der Waals surface area contributed by atoms with E-state index in [1.165, 1.54) is 12.1 Å². The van der Waals surface area contributed by atoms with Crippen LogP contribution in [-0.4, -0.2) is 39.1 Å². The van der Waals surface area contributed by atoms with E-state index in [1.807, 2.05) is 0 Å². The molecule has 1 aromatic rings. The Morgan fingerprint density at radius 2 is 2.19 bits per heavy atom. The number of hydrogen-bond donors (Lipinski definition) is 1. The fourth-order valence-electron chi connectivity index (χ4n) is 1.42. The van der Waals surface area contributed by atoms with E-state index >= 15 is 0 Å². The third-order valence-corrected chi connectivity index (χ3v) is 3.38. The lowest BCUT2D eigenvalue weighted by atomic mass is 10.2. The van der Waals surface area contributed by atoms with Crippen molar-refractivity contribution in [1.29, 1.82) is 0 Å². The lowest BCUT2D eigenvalue weighted by Gasteiger charge is -2.25. The Morgan fingerprint density at radius 1 is 1.44 bits per heavy atom. The number of hydrogen-bond acceptors (Lipinski definition) is 5. The maximum Gasteiger partial charge on any atom is 0.175 e. The second-order valence-corrected chi connectivity index (χ2v) is 5.63. The molecular formula is C10H12O5S. The van der Waals surface area contributed by atoms with E-state index in [4.69, 9.17) is 14.6 Å². The minimum Gasteiger partial charge on any atom is -0.486 e. The molecule has 0 bridgehead atoms. The monoisotopic (exact) mass is 244 g/mol. The summed E-state index contributed by atoms with van der Waals surface area (Å²) >= 11 is 0. The maximum absolute atomic E-state index is 11.3. The number of benzene rings is 1. The van der Waals surface area contributed by atoms with Crippen molar-refractivity contribution in [3.63, 3.8) is 0 Å². The van der Waals surface area contributed by atoms with Gasteiger partial charge in [0.25, 0.3) is 0 Å². The molecule has 6 heteroatoms. The predicted molar refractivity (Wildman–Crippen MR) is 56.5 cm³/mol. The van der Waals surface area contributed by atoms with Gasteiger partial charge in [-0.15, -0.1) is 0 Å². The fraction of sp³-hybridized carbons (Fsp3) is 0.400. The Morgan fingerprint density at radius 3 is 2.81 bits per heavy atom. The molecule has 0 amide bonds. The minimum atomic E-state index is -3.26. The Kier molecular flexibility index (Phi) is 2.77. The highest BCUT2D eigenvalue weighted by atomic mass is 32.2. The first-order chi connectivity index (χ1) is 7.50. The molecule has 0 aromatic heterocycles. The van der Waals surface area contributed by atoms with Gasteiger partial charge in [-0.1, -0.05) is 0 Å². The molecule has 0 saturated carbocycles. The molecule has 1 aliphatic heterocycles. The summed E-state index contributed by atoms with van der Waals surface area (Å²) in [4.78, 5) is 0.174. The number of aliphatic hydroxyl groups is 1. The van der Waals surface area contributed by atoms with Gasteiger partial charge in [-0.2, -0.15) is 0 Å². The van der Waals surface area contributed by atoms with Gasteiger partial charge in [0.05, 0.1) is 11.5 Å². The molecule has 2 rings (SSSR count). The Labute approximate surface area is 93.5 Å². The normalized spacial score (nSPS) is 19.5. The van der Waals surface area contributed by atoms with Crippen LogP contribution < -0.4 is 9.47 Å². The minimum absolute atomic E-state index is 0.164. The van der Waals surface area contributed by atoms with Crippen LogP contribution in [0.5, 0.6) is 11.5 Å². The van der Waals surface area contributed by atoms with Crippen molar-refractivity contribution in [2.24, 2.45) is 0 Å². The van der Waals surface area contributed by atoms with Crippen LogP contribution in [0.1, 0.15) is 0 Å². The van der Waals surface area contributed by atoms with Gasteiger partial charge in [0.1, 0.15) is 6.61 Å². The maximum atomic E-state index is 11.3. The third-order valence-electron chi connectivity index (χ3n) is 2.27. The van der Waals surface area contributed by atoms with Crippen molar-refractivity contribution in [3.05, 3.63) is 18.2 Å². The van der Waals surface area contributed by atoms with Crippen molar-refractivity contribution in [3.8, 4) is 11.5 Å². The zero-order chi connectivity index (χ0) is 11.8. The Bertz CT molecular complexity index is 494. The van der Waals surface area contributed by atoms with Crippen LogP contribution in [0.2, 0.25) is 0 Å². The summed E-state index contributed by atoms with van der Waals surface area (Å²) < 4.78 is 33.3. The van der Waals surface area contributed by atoms with E-state index in [-0.39, 0.29) is 18.1 Å². The van der Waals surface area contributed by atoms with E-state index in [0.717, 1.165) is 6.26 Å². The first kappa shape index (κ1) is 11.2. The molecule has 0 radical (unpaired) electrons. The fourth-order valence-corrected chi connectivity index (χ4v) is 2.05. The second kappa shape index (κ2) is 3.95. The van der Waals surface area contributed by atoms with Gasteiger partial charge in [-0.25, -0.2) is 8.42 Å². The number of aliphatic hydroxyl groups excluding tert-OH is 1. The summed E-state index contributed by atoms with van der Waals surface area (Å²) in [5, 5.41) is 8.92. The van der Waals surface area contributed by atoms with E-state index < -0.39 is 15.9 Å². The zero-order valence-electron chi connectivity index (χ0n) is 8.71. The molecule has 0 aliphatic carbocycles. The van der Waals surface area contributed by atoms with Crippen molar-refractivity contribution < 1.29 is 23.0 Å². The molecule has 0 fully saturated rings. The average Bonchev–Trinajstić information content (AvgIpc) is 2.26. The van der Waals surface area contributed by atoms with E-state index in [1.54, 1.807) is 6.07 Å². The Balaban J connectivity index is 2.38. The molecule has 0 saturated heterocycles. The molecule has 1 N–H and O–H groups in total. The number of fused-ring (bicyclic) bond motifs is 1. The van der Waals surface area contributed by atoms with Crippen LogP contribution in [0, 0.1) is 0 Å². The highest BCUT2D eigenvalue weighted by Gasteiger charge is 2.21. The van der Waals surface area contributed by atoms with Crippen molar-refractivity contribution >= 4 is 9.84 Å². The molecule has 5 nitrogen and oxygen atoms in total. The quantitative estimate of drug-likeness (QED) is 0.805. The van der Waals surface area contributed by atoms with Gasteiger partial charge < -0.3 is 14.6 Å². The molecular weight excluding hydrogens is 232 g/mol. The van der Waals surface area contributed by atoms with Gasteiger partial charge in [-0.05, 0) is 12.1 Å². The number of sulfone groups is 1. The average molecular weight is 244 g/mol. The van der Waals surface area contributed by atoms with Crippen LogP contribution in [0.25, 0.3) is 0 Å². The first-order valence-electron chi connectivity index (χ1n) is 4.75. The van der Waals surface area contributed by atoms with Crippen LogP contribution in [0.3, 0.4) is 0 Å². The van der Waals surface area contributed by atoms with E-state index in [9.17, 15) is 8.42 Å². The molecule has 16 heavy (non-hydrogen) atoms. The van der Waals surface area contributed by atoms with Crippen LogP contribution in [-0.2, 0) is 9.84 Å². The topological polar surface area (TPSA) is 72.8 Å². The summed E-state index contributed by atoms with van der Waals surface area (Å²) in [6, 6.07) is 4.43. The molecule has 0 spiro atoms. The second-order valence-electron chi connectivity index (χ2n) is 3.61. The summed E-state index contributed by atoms with van der Waals surface area (Å²) in [5.41, 5.74) is 0. The lowest BCUT2D eigenvalue weighted by molar-refractivity contribution is 0.0453. The highest BCUT2D eigenvalue weighted by molar-refractivity contribution is 7.90. The van der Waals surface area contributed by atoms with Crippen molar-refractivity contribution in [2.45, 2.75) is 11.0 Å². The lowest BCUT2D eigenvalue weighted by Crippen LogP contribution is -2.32. The molecule has 1 heterocycles. The van der Waals surface area contributed by atoms with Gasteiger partial charge in [0.15, 0.2) is 27.4 Å². The van der Waals surface area contributed by atoms with Crippen molar-refractivity contribution in [2.75, 3.05) is 19.5 Å². The summed E-state index contributed by atoms with van der Waals surface area (Å²) in [6.45, 7) is 0.101. The van der Waals surface area contributed by atoms with Gasteiger partial charge in [0.2, 0.25) is 0 Å². The molecule has 1 aliphatic rings. The van der Waals surface area contributed by atoms with Gasteiger partial charge in [-0.3, -0.25) is 0 Å². The predicted octanol–water partition coefficient (Wildman–Crippen LogP) is 0.222. The number of ether oxygens (including phenoxy) is 2. The van der Waals surface area contributed by atoms with Crippen LogP contribution >= 0.6 is 0 Å². The smallest absolute Gasteiger partial charge is 0.175 e. The molecule has 0 unspecified atom stereocenters. The molecule has 1 atom stereocenters. The standard InChI is InChI=1S/C10H12O5S/c1-16(12,13)8-2-3-9-10(4-8)15-7(5-11)6-14-9/h2-4,7,11H,5-6H2,1H3/t7-/m1/s1. The zero-order valence-corrected chi connectivity index (χ0v) is 9.53. The highest BCUT2D eigenvalue weighted by Crippen LogP contribution is 2.33. The summed E-state index contributed by atoms with van der Waals surface area (Å²) in [5.74, 6) is 0.852. The van der Waals surface area contributed by atoms with Crippen LogP contribution in [0.15, 0.2) is 23.1 Å². The summed E-state index contributed by atoms with van der Waals surface area (Å²) in [6.07, 6.45) is 0.685. The Hall–Kier alpha value is -1.27. The molecule has 88 valence electrons. The molecule has 1 aromatic carbocycles. The van der Waals surface area contributed by atoms with Crippen molar-refractivity contribution in [1.82, 2.24) is 0 Å². The third kappa shape index (κ3) is 2.12. The van der Waals surface area contributed by atoms with Gasteiger partial charge in [0, 0.05) is 12.3 Å². The van der Waals surface area contributed by atoms with Gasteiger partial charge >= 0.3 is 0 Å². The van der Waals surface area contributed by atoms with E-state index in [2.05, 4.69) is 0 Å². The first-order valence-corrected chi connectivity index (χ1v) is 6.64. The number of rotatable bonds is 2. The SMILES string of the molecule is CS(=O)(=O)c1ccc2c(c1)O[C@H](CO)CO2. The summed E-state index contributed by atoms with van der Waals surface area (Å²) in [7, 11) is -3.26. The van der Waals surface area contributed by atoms with Crippen LogP contribution in [0.4, 0.5) is 0 Å².